The second kappa shape index (κ2) is 8.05. The van der Waals surface area contributed by atoms with Crippen molar-refractivity contribution < 1.29 is 54.9 Å². The molecule has 0 amide bonds. The van der Waals surface area contributed by atoms with Gasteiger partial charge in [-0.25, -0.2) is 4.79 Å². The van der Waals surface area contributed by atoms with Crippen LogP contribution in [0.4, 0.5) is 26.3 Å². The van der Waals surface area contributed by atoms with Gasteiger partial charge in [-0.15, -0.1) is 0 Å². The highest BCUT2D eigenvalue weighted by atomic mass is 19.4. The summed E-state index contributed by atoms with van der Waals surface area (Å²) in [6.45, 7) is 6.90. The van der Waals surface area contributed by atoms with Gasteiger partial charge in [-0.3, -0.25) is 9.59 Å². The maximum Gasteiger partial charge on any atom is 0.434 e. The van der Waals surface area contributed by atoms with Gasteiger partial charge in [-0.2, -0.15) is 26.3 Å². The Bertz CT molecular complexity index is 911. The first-order valence-electron chi connectivity index (χ1n) is 10.1. The lowest BCUT2D eigenvalue weighted by Crippen LogP contribution is -2.51. The second-order valence-electron chi connectivity index (χ2n) is 9.02. The monoisotopic (exact) mass is 484 g/mol. The molecule has 1 aliphatic heterocycles. The van der Waals surface area contributed by atoms with Gasteiger partial charge in [0.25, 0.3) is 6.10 Å². The van der Waals surface area contributed by atoms with Crippen molar-refractivity contribution in [2.45, 2.75) is 71.2 Å². The molecule has 3 aliphatic rings. The van der Waals surface area contributed by atoms with E-state index in [9.17, 15) is 40.7 Å². The Balaban J connectivity index is 1.82. The molecule has 0 aromatic carbocycles. The molecule has 2 aliphatic carbocycles. The Morgan fingerprint density at radius 1 is 1.09 bits per heavy atom. The van der Waals surface area contributed by atoms with E-state index in [2.05, 4.69) is 4.74 Å². The van der Waals surface area contributed by atoms with Crippen LogP contribution in [0.25, 0.3) is 0 Å². The standard InChI is InChI=1S/C21H22F6O6/c1-8(2)5-11(9(3)4)15(28)31-13-10-6-12-14(13)32-17(29)19(12,7-10)18(30)33-16(20(22,23)24)21(25,26)27/h5,10,12-14,16H,6-7H2,1-4H3. The number of alkyl halides is 6. The number of carbonyl (C=O) groups is 3. The Morgan fingerprint density at radius 2 is 1.67 bits per heavy atom. The average molecular weight is 484 g/mol. The number of esters is 3. The fourth-order valence-corrected chi connectivity index (χ4v) is 4.85. The van der Waals surface area contributed by atoms with Gasteiger partial charge in [0.1, 0.15) is 12.2 Å². The molecule has 3 fully saturated rings. The molecular formula is C21H22F6O6. The quantitative estimate of drug-likeness (QED) is 0.145. The minimum absolute atomic E-state index is 0.0545. The van der Waals surface area contributed by atoms with E-state index in [4.69, 9.17) is 9.47 Å². The maximum atomic E-state index is 12.8. The number of allylic oxidation sites excluding steroid dienone is 2. The SMILES string of the molecule is CC(C)=CC(C(=O)OC1C2CC3C1OC(=O)C3(C(=O)OC(C(F)(F)F)C(F)(F)F)C2)=C(C)C. The van der Waals surface area contributed by atoms with E-state index in [1.807, 2.05) is 0 Å². The molecule has 0 aromatic heterocycles. The number of halogens is 6. The van der Waals surface area contributed by atoms with Crippen LogP contribution in [0.5, 0.6) is 0 Å². The minimum Gasteiger partial charge on any atom is -0.457 e. The van der Waals surface area contributed by atoms with E-state index in [0.717, 1.165) is 5.57 Å². The van der Waals surface area contributed by atoms with Gasteiger partial charge < -0.3 is 14.2 Å². The van der Waals surface area contributed by atoms with Crippen LogP contribution in [0.1, 0.15) is 40.5 Å². The third-order valence-corrected chi connectivity index (χ3v) is 6.18. The van der Waals surface area contributed by atoms with E-state index in [0.29, 0.717) is 5.57 Å². The summed E-state index contributed by atoms with van der Waals surface area (Å²) >= 11 is 0. The summed E-state index contributed by atoms with van der Waals surface area (Å²) in [6.07, 6.45) is -17.1. The van der Waals surface area contributed by atoms with Crippen LogP contribution >= 0.6 is 0 Å². The normalized spacial score (nSPS) is 30.2. The summed E-state index contributed by atoms with van der Waals surface area (Å²) in [4.78, 5) is 37.7. The molecular weight excluding hydrogens is 462 g/mol. The molecule has 5 atom stereocenters. The zero-order valence-electron chi connectivity index (χ0n) is 18.1. The smallest absolute Gasteiger partial charge is 0.434 e. The summed E-state index contributed by atoms with van der Waals surface area (Å²) in [5.74, 6) is -5.62. The summed E-state index contributed by atoms with van der Waals surface area (Å²) in [7, 11) is 0. The van der Waals surface area contributed by atoms with E-state index < -0.39 is 72.2 Å². The number of hydrogen-bond donors (Lipinski definition) is 0. The van der Waals surface area contributed by atoms with E-state index in [1.165, 1.54) is 0 Å². The predicted octanol–water partition coefficient (Wildman–Crippen LogP) is 4.19. The number of hydrogen-bond acceptors (Lipinski definition) is 6. The third-order valence-electron chi connectivity index (χ3n) is 6.18. The first kappa shape index (κ1) is 25.1. The van der Waals surface area contributed by atoms with Crippen LogP contribution in [0.15, 0.2) is 22.8 Å². The molecule has 5 unspecified atom stereocenters. The van der Waals surface area contributed by atoms with E-state index >= 15 is 0 Å². The third kappa shape index (κ3) is 4.23. The average Bonchev–Trinajstić information content (AvgIpc) is 3.24. The fourth-order valence-electron chi connectivity index (χ4n) is 4.85. The highest BCUT2D eigenvalue weighted by Gasteiger charge is 2.76. The van der Waals surface area contributed by atoms with E-state index in [-0.39, 0.29) is 12.0 Å². The highest BCUT2D eigenvalue weighted by Crippen LogP contribution is 2.63. The summed E-state index contributed by atoms with van der Waals surface area (Å²) in [6, 6.07) is 0. The molecule has 6 nitrogen and oxygen atoms in total. The van der Waals surface area contributed by atoms with Crippen molar-refractivity contribution in [2.75, 3.05) is 0 Å². The van der Waals surface area contributed by atoms with Crippen molar-refractivity contribution in [3.8, 4) is 0 Å². The molecule has 184 valence electrons. The number of rotatable bonds is 5. The minimum atomic E-state index is -5.91. The lowest BCUT2D eigenvalue weighted by Gasteiger charge is -2.32. The van der Waals surface area contributed by atoms with Crippen molar-refractivity contribution in [3.05, 3.63) is 22.8 Å². The first-order valence-corrected chi connectivity index (χ1v) is 10.1. The molecule has 1 heterocycles. The first-order chi connectivity index (χ1) is 15.0. The fraction of sp³-hybridized carbons (Fsp3) is 0.667. The number of carbonyl (C=O) groups excluding carboxylic acids is 3. The van der Waals surface area contributed by atoms with Crippen molar-refractivity contribution in [2.24, 2.45) is 17.3 Å². The van der Waals surface area contributed by atoms with Crippen molar-refractivity contribution >= 4 is 17.9 Å². The maximum absolute atomic E-state index is 12.8. The van der Waals surface area contributed by atoms with Crippen molar-refractivity contribution in [3.63, 3.8) is 0 Å². The van der Waals surface area contributed by atoms with Crippen LogP contribution in [0, 0.1) is 17.3 Å². The number of fused-ring (bicyclic) bond motifs is 1. The van der Waals surface area contributed by atoms with Gasteiger partial charge in [-0.05, 0) is 46.6 Å². The molecule has 0 spiro atoms. The van der Waals surface area contributed by atoms with Gasteiger partial charge in [-0.1, -0.05) is 11.1 Å². The zero-order chi connectivity index (χ0) is 25.1. The summed E-state index contributed by atoms with van der Waals surface area (Å²) in [5.41, 5.74) is -0.553. The molecule has 0 aromatic rings. The topological polar surface area (TPSA) is 78.9 Å². The van der Waals surface area contributed by atoms with Gasteiger partial charge >= 0.3 is 30.3 Å². The molecule has 3 rings (SSSR count). The Labute approximate surface area is 184 Å². The molecule has 0 N–H and O–H groups in total. The molecule has 1 saturated heterocycles. The Morgan fingerprint density at radius 3 is 2.15 bits per heavy atom. The molecule has 2 bridgehead atoms. The van der Waals surface area contributed by atoms with Crippen LogP contribution in [-0.4, -0.2) is 48.6 Å². The lowest BCUT2D eigenvalue weighted by atomic mass is 9.73. The highest BCUT2D eigenvalue weighted by molar-refractivity contribution is 6.03. The van der Waals surface area contributed by atoms with Gasteiger partial charge in [0, 0.05) is 11.8 Å². The Hall–Kier alpha value is -2.53. The van der Waals surface area contributed by atoms with E-state index in [1.54, 1.807) is 33.8 Å². The van der Waals surface area contributed by atoms with Crippen molar-refractivity contribution in [1.29, 1.82) is 0 Å². The van der Waals surface area contributed by atoms with Gasteiger partial charge in [0.15, 0.2) is 5.41 Å². The summed E-state index contributed by atoms with van der Waals surface area (Å²) in [5, 5.41) is 0. The van der Waals surface area contributed by atoms with Crippen LogP contribution in [-0.2, 0) is 28.6 Å². The lowest BCUT2D eigenvalue weighted by molar-refractivity contribution is -0.315. The van der Waals surface area contributed by atoms with Gasteiger partial charge in [0.05, 0.1) is 5.57 Å². The van der Waals surface area contributed by atoms with Crippen molar-refractivity contribution in [1.82, 2.24) is 0 Å². The van der Waals surface area contributed by atoms with Crippen LogP contribution < -0.4 is 0 Å². The molecule has 33 heavy (non-hydrogen) atoms. The molecule has 2 saturated carbocycles. The zero-order valence-corrected chi connectivity index (χ0v) is 18.1. The molecule has 0 radical (unpaired) electrons. The second-order valence-corrected chi connectivity index (χ2v) is 9.02. The summed E-state index contributed by atoms with van der Waals surface area (Å²) < 4.78 is 91.6. The Kier molecular flexibility index (Phi) is 6.12. The van der Waals surface area contributed by atoms with Crippen LogP contribution in [0.3, 0.4) is 0 Å². The number of ether oxygens (including phenoxy) is 3. The predicted molar refractivity (Wildman–Crippen MR) is 98.2 cm³/mol. The van der Waals surface area contributed by atoms with Gasteiger partial charge in [0.2, 0.25) is 0 Å². The van der Waals surface area contributed by atoms with Crippen LogP contribution in [0.2, 0.25) is 0 Å². The largest absolute Gasteiger partial charge is 0.457 e. The molecule has 12 heteroatoms.